The van der Waals surface area contributed by atoms with E-state index in [1.807, 2.05) is 6.07 Å². The number of hydrogen-bond acceptors (Lipinski definition) is 4. The SMILES string of the molecule is COc1cc2c3c(c4ncc(O)c(Cl)c4c2cc1OC)CC1CCCC1C3. The average Bonchev–Trinajstić information content (AvgIpc) is 3.15. The number of nitrogens with zero attached hydrogens (tertiary/aromatic N) is 1. The Balaban J connectivity index is 1.93. The van der Waals surface area contributed by atoms with Crippen LogP contribution in [0.1, 0.15) is 30.4 Å². The van der Waals surface area contributed by atoms with Crippen molar-refractivity contribution in [3.05, 3.63) is 34.5 Å². The first kappa shape index (κ1) is 16.9. The number of methoxy groups -OCH3 is 2. The quantitative estimate of drug-likeness (QED) is 0.612. The van der Waals surface area contributed by atoms with Gasteiger partial charge in [-0.1, -0.05) is 18.0 Å². The monoisotopic (exact) mass is 383 g/mol. The first-order valence-electron chi connectivity index (χ1n) is 9.49. The van der Waals surface area contributed by atoms with Crippen LogP contribution in [0.5, 0.6) is 17.2 Å². The number of benzene rings is 2. The second kappa shape index (κ2) is 6.16. The van der Waals surface area contributed by atoms with Crippen molar-refractivity contribution >= 4 is 33.3 Å². The van der Waals surface area contributed by atoms with Gasteiger partial charge in [0.15, 0.2) is 17.2 Å². The van der Waals surface area contributed by atoms with Gasteiger partial charge in [-0.3, -0.25) is 4.98 Å². The first-order valence-corrected chi connectivity index (χ1v) is 9.86. The molecule has 0 aliphatic heterocycles. The van der Waals surface area contributed by atoms with Gasteiger partial charge in [0.2, 0.25) is 0 Å². The van der Waals surface area contributed by atoms with Crippen molar-refractivity contribution in [1.29, 1.82) is 0 Å². The molecule has 2 unspecified atom stereocenters. The number of aromatic hydroxyl groups is 1. The normalized spacial score (nSPS) is 21.3. The Bertz CT molecular complexity index is 1080. The molecule has 5 rings (SSSR count). The summed E-state index contributed by atoms with van der Waals surface area (Å²) in [6.07, 6.45) is 7.49. The molecule has 1 heterocycles. The Morgan fingerprint density at radius 1 is 1.00 bits per heavy atom. The van der Waals surface area contributed by atoms with E-state index in [2.05, 4.69) is 11.1 Å². The lowest BCUT2D eigenvalue weighted by Gasteiger charge is -2.30. The van der Waals surface area contributed by atoms with Gasteiger partial charge in [-0.15, -0.1) is 0 Å². The molecule has 5 heteroatoms. The first-order chi connectivity index (χ1) is 13.1. The van der Waals surface area contributed by atoms with Gasteiger partial charge in [0, 0.05) is 5.39 Å². The molecule has 0 radical (unpaired) electrons. The summed E-state index contributed by atoms with van der Waals surface area (Å²) in [7, 11) is 3.29. The fraction of sp³-hybridized carbons (Fsp3) is 0.409. The van der Waals surface area contributed by atoms with E-state index in [1.165, 1.54) is 36.6 Å². The second-order valence-electron chi connectivity index (χ2n) is 7.75. The zero-order valence-electron chi connectivity index (χ0n) is 15.5. The molecule has 1 fully saturated rings. The third-order valence-corrected chi connectivity index (χ3v) is 6.90. The van der Waals surface area contributed by atoms with Crippen LogP contribution < -0.4 is 9.47 Å². The van der Waals surface area contributed by atoms with Crippen molar-refractivity contribution in [2.45, 2.75) is 32.1 Å². The highest BCUT2D eigenvalue weighted by Crippen LogP contribution is 2.49. The number of pyridine rings is 1. The summed E-state index contributed by atoms with van der Waals surface area (Å²) in [5.41, 5.74) is 3.56. The number of halogens is 1. The smallest absolute Gasteiger partial charge is 0.161 e. The highest BCUT2D eigenvalue weighted by Gasteiger charge is 2.35. The molecule has 2 atom stereocenters. The van der Waals surface area contributed by atoms with Crippen LogP contribution in [0.4, 0.5) is 0 Å². The van der Waals surface area contributed by atoms with Crippen LogP contribution in [0.2, 0.25) is 5.02 Å². The predicted octanol–water partition coefficient (Wildman–Crippen LogP) is 5.28. The lowest BCUT2D eigenvalue weighted by Crippen LogP contribution is -2.21. The Morgan fingerprint density at radius 2 is 1.63 bits per heavy atom. The molecular formula is C22H22ClNO3. The number of fused-ring (bicyclic) bond motifs is 7. The predicted molar refractivity (Wildman–Crippen MR) is 107 cm³/mol. The number of ether oxygens (including phenoxy) is 2. The molecule has 0 spiro atoms. The highest BCUT2D eigenvalue weighted by atomic mass is 35.5. The molecule has 4 nitrogen and oxygen atoms in total. The molecule has 140 valence electrons. The minimum atomic E-state index is 0.00903. The summed E-state index contributed by atoms with van der Waals surface area (Å²) in [5.74, 6) is 2.85. The molecule has 27 heavy (non-hydrogen) atoms. The van der Waals surface area contributed by atoms with E-state index in [-0.39, 0.29) is 5.75 Å². The van der Waals surface area contributed by atoms with Crippen LogP contribution in [0.25, 0.3) is 21.7 Å². The van der Waals surface area contributed by atoms with Crippen LogP contribution in [-0.4, -0.2) is 24.3 Å². The lowest BCUT2D eigenvalue weighted by atomic mass is 9.75. The largest absolute Gasteiger partial charge is 0.505 e. The van der Waals surface area contributed by atoms with E-state index < -0.39 is 0 Å². The summed E-state index contributed by atoms with van der Waals surface area (Å²) >= 11 is 6.57. The summed E-state index contributed by atoms with van der Waals surface area (Å²) < 4.78 is 11.1. The summed E-state index contributed by atoms with van der Waals surface area (Å²) in [6, 6.07) is 4.02. The van der Waals surface area contributed by atoms with Gasteiger partial charge in [-0.05, 0) is 71.6 Å². The Kier molecular flexibility index (Phi) is 3.87. The molecule has 0 saturated heterocycles. The summed E-state index contributed by atoms with van der Waals surface area (Å²) in [5, 5.41) is 13.5. The Morgan fingerprint density at radius 3 is 2.30 bits per heavy atom. The molecule has 1 aromatic heterocycles. The molecule has 0 amide bonds. The zero-order valence-corrected chi connectivity index (χ0v) is 16.3. The second-order valence-corrected chi connectivity index (χ2v) is 8.13. The molecule has 1 N–H and O–H groups in total. The van der Waals surface area contributed by atoms with Crippen molar-refractivity contribution in [1.82, 2.24) is 4.98 Å². The zero-order chi connectivity index (χ0) is 18.7. The number of rotatable bonds is 2. The Labute approximate surface area is 163 Å². The molecule has 2 aliphatic rings. The van der Waals surface area contributed by atoms with Crippen molar-refractivity contribution in [3.63, 3.8) is 0 Å². The van der Waals surface area contributed by atoms with E-state index in [0.717, 1.165) is 46.4 Å². The number of aromatic nitrogens is 1. The van der Waals surface area contributed by atoms with Crippen molar-refractivity contribution < 1.29 is 14.6 Å². The summed E-state index contributed by atoms with van der Waals surface area (Å²) in [6.45, 7) is 0. The molecule has 3 aromatic rings. The van der Waals surface area contributed by atoms with Crippen molar-refractivity contribution in [2.24, 2.45) is 11.8 Å². The van der Waals surface area contributed by atoms with Crippen LogP contribution in [0.3, 0.4) is 0 Å². The van der Waals surface area contributed by atoms with Crippen LogP contribution in [0, 0.1) is 11.8 Å². The van der Waals surface area contributed by atoms with Gasteiger partial charge in [-0.25, -0.2) is 0 Å². The van der Waals surface area contributed by atoms with E-state index in [0.29, 0.717) is 16.5 Å². The van der Waals surface area contributed by atoms with E-state index in [4.69, 9.17) is 21.1 Å². The van der Waals surface area contributed by atoms with Gasteiger partial charge in [0.1, 0.15) is 0 Å². The molecular weight excluding hydrogens is 362 g/mol. The van der Waals surface area contributed by atoms with Crippen molar-refractivity contribution in [2.75, 3.05) is 14.2 Å². The minimum absolute atomic E-state index is 0.00903. The van der Waals surface area contributed by atoms with Gasteiger partial charge in [0.05, 0.1) is 31.0 Å². The maximum Gasteiger partial charge on any atom is 0.161 e. The molecule has 2 aromatic carbocycles. The molecule has 1 saturated carbocycles. The van der Waals surface area contributed by atoms with Gasteiger partial charge in [0.25, 0.3) is 0 Å². The summed E-state index contributed by atoms with van der Waals surface area (Å²) in [4.78, 5) is 4.61. The maximum atomic E-state index is 10.2. The van der Waals surface area contributed by atoms with Gasteiger partial charge >= 0.3 is 0 Å². The van der Waals surface area contributed by atoms with Gasteiger partial charge < -0.3 is 14.6 Å². The van der Waals surface area contributed by atoms with Crippen LogP contribution >= 0.6 is 11.6 Å². The van der Waals surface area contributed by atoms with E-state index >= 15 is 0 Å². The average molecular weight is 384 g/mol. The standard InChI is InChI=1S/C22H22ClNO3/c1-26-18-8-14-13-6-11-4-3-5-12(11)7-16(13)22-20(15(14)9-19(18)27-2)21(23)17(25)10-24-22/h8-12,25H,3-7H2,1-2H3. The van der Waals surface area contributed by atoms with Crippen LogP contribution in [0.15, 0.2) is 18.3 Å². The van der Waals surface area contributed by atoms with Gasteiger partial charge in [-0.2, -0.15) is 0 Å². The topological polar surface area (TPSA) is 51.6 Å². The number of hydrogen-bond donors (Lipinski definition) is 1. The third kappa shape index (κ3) is 2.39. The fourth-order valence-corrected chi connectivity index (χ4v) is 5.46. The van der Waals surface area contributed by atoms with Crippen LogP contribution in [-0.2, 0) is 12.8 Å². The lowest BCUT2D eigenvalue weighted by molar-refractivity contribution is 0.355. The highest BCUT2D eigenvalue weighted by molar-refractivity contribution is 6.39. The third-order valence-electron chi connectivity index (χ3n) is 6.51. The molecule has 2 aliphatic carbocycles. The maximum absolute atomic E-state index is 10.2. The van der Waals surface area contributed by atoms with E-state index in [1.54, 1.807) is 14.2 Å². The Hall–Kier alpha value is -2.20. The van der Waals surface area contributed by atoms with Crippen molar-refractivity contribution in [3.8, 4) is 17.2 Å². The fourth-order valence-electron chi connectivity index (χ4n) is 5.22. The minimum Gasteiger partial charge on any atom is -0.505 e. The molecule has 0 bridgehead atoms. The van der Waals surface area contributed by atoms with E-state index in [9.17, 15) is 5.11 Å².